The second kappa shape index (κ2) is 2.60. The number of alkyl halides is 1. The number of nitrogens with one attached hydrogen (secondary N) is 2. The molecule has 0 saturated carbocycles. The van der Waals surface area contributed by atoms with Crippen LogP contribution in [0.25, 0.3) is 0 Å². The maximum Gasteiger partial charge on any atom is 0.266 e. The Morgan fingerprint density at radius 2 is 2.50 bits per heavy atom. The van der Waals surface area contributed by atoms with Crippen LogP contribution < -0.4 is 10.9 Å². The minimum atomic E-state index is -0.334. The Balaban J connectivity index is 2.26. The lowest BCUT2D eigenvalue weighted by Crippen LogP contribution is -2.50. The highest BCUT2D eigenvalue weighted by Crippen LogP contribution is 2.21. The van der Waals surface area contributed by atoms with Gasteiger partial charge in [0.1, 0.15) is 12.4 Å². The Bertz CT molecular complexity index is 244. The number of halogens is 1. The second-order valence-corrected chi connectivity index (χ2v) is 3.44. The maximum atomic E-state index is 11.2. The molecule has 0 bridgehead atoms. The zero-order valence-electron chi connectivity index (χ0n) is 6.49. The smallest absolute Gasteiger partial charge is 0.266 e. The molecule has 2 rings (SSSR count). The van der Waals surface area contributed by atoms with Crippen molar-refractivity contribution in [3.8, 4) is 0 Å². The number of fused-ring (bicyclic) bond motifs is 1. The predicted octanol–water partition coefficient (Wildman–Crippen LogP) is -0.756. The Morgan fingerprint density at radius 1 is 1.75 bits per heavy atom. The Morgan fingerprint density at radius 3 is 3.17 bits per heavy atom. The van der Waals surface area contributed by atoms with Gasteiger partial charge in [-0.2, -0.15) is 5.10 Å². The van der Waals surface area contributed by atoms with E-state index in [9.17, 15) is 4.79 Å². The SMILES string of the molecule is CC1NN2C=NNC(=O)C2C1Cl. The van der Waals surface area contributed by atoms with Gasteiger partial charge in [0.15, 0.2) is 0 Å². The van der Waals surface area contributed by atoms with Crippen LogP contribution in [-0.4, -0.2) is 34.7 Å². The highest BCUT2D eigenvalue weighted by atomic mass is 35.5. The van der Waals surface area contributed by atoms with Crippen molar-refractivity contribution in [3.05, 3.63) is 0 Å². The first kappa shape index (κ1) is 7.82. The van der Waals surface area contributed by atoms with E-state index in [1.165, 1.54) is 6.34 Å². The lowest BCUT2D eigenvalue weighted by atomic mass is 10.1. The van der Waals surface area contributed by atoms with Crippen molar-refractivity contribution in [1.29, 1.82) is 0 Å². The Kier molecular flexibility index (Phi) is 1.69. The molecule has 66 valence electrons. The number of hydrazine groups is 1. The first-order valence-electron chi connectivity index (χ1n) is 3.72. The van der Waals surface area contributed by atoms with Gasteiger partial charge in [0.2, 0.25) is 0 Å². The summed E-state index contributed by atoms with van der Waals surface area (Å²) >= 11 is 6.00. The molecule has 0 aliphatic carbocycles. The number of nitrogens with zero attached hydrogens (tertiary/aromatic N) is 2. The van der Waals surface area contributed by atoms with E-state index >= 15 is 0 Å². The van der Waals surface area contributed by atoms with Gasteiger partial charge in [-0.1, -0.05) is 0 Å². The van der Waals surface area contributed by atoms with E-state index in [0.29, 0.717) is 0 Å². The third kappa shape index (κ3) is 0.971. The standard InChI is InChI=1S/C6H9ClN4O/c1-3-4(7)5-6(12)9-8-2-11(5)10-3/h2-5,10H,1H3,(H,9,12). The fourth-order valence-electron chi connectivity index (χ4n) is 1.41. The van der Waals surface area contributed by atoms with Gasteiger partial charge in [0, 0.05) is 6.04 Å². The van der Waals surface area contributed by atoms with Gasteiger partial charge in [-0.3, -0.25) is 9.80 Å². The van der Waals surface area contributed by atoms with Crippen LogP contribution in [-0.2, 0) is 4.79 Å². The van der Waals surface area contributed by atoms with Crippen molar-refractivity contribution in [2.75, 3.05) is 0 Å². The average molecular weight is 189 g/mol. The fraction of sp³-hybridized carbons (Fsp3) is 0.667. The molecule has 3 unspecified atom stereocenters. The van der Waals surface area contributed by atoms with Crippen LogP contribution >= 0.6 is 11.6 Å². The van der Waals surface area contributed by atoms with E-state index in [4.69, 9.17) is 11.6 Å². The quantitative estimate of drug-likeness (QED) is 0.492. The monoisotopic (exact) mass is 188 g/mol. The molecule has 2 aliphatic heterocycles. The lowest BCUT2D eigenvalue weighted by molar-refractivity contribution is -0.125. The van der Waals surface area contributed by atoms with Gasteiger partial charge < -0.3 is 0 Å². The minimum Gasteiger partial charge on any atom is -0.282 e. The average Bonchev–Trinajstić information content (AvgIpc) is 2.29. The predicted molar refractivity (Wildman–Crippen MR) is 44.5 cm³/mol. The van der Waals surface area contributed by atoms with Crippen molar-refractivity contribution >= 4 is 23.8 Å². The molecule has 0 radical (unpaired) electrons. The van der Waals surface area contributed by atoms with Gasteiger partial charge in [0.05, 0.1) is 5.38 Å². The van der Waals surface area contributed by atoms with Crippen molar-refractivity contribution in [1.82, 2.24) is 15.9 Å². The summed E-state index contributed by atoms with van der Waals surface area (Å²) in [4.78, 5) is 11.2. The molecule has 5 nitrogen and oxygen atoms in total. The third-order valence-corrected chi connectivity index (χ3v) is 2.67. The number of carbonyl (C=O) groups excluding carboxylic acids is 1. The number of hydrogen-bond acceptors (Lipinski definition) is 4. The largest absolute Gasteiger partial charge is 0.282 e. The molecular formula is C6H9ClN4O. The molecule has 6 heteroatoms. The summed E-state index contributed by atoms with van der Waals surface area (Å²) in [6.45, 7) is 1.93. The molecule has 12 heavy (non-hydrogen) atoms. The molecule has 0 aromatic rings. The van der Waals surface area contributed by atoms with Gasteiger partial charge in [0.25, 0.3) is 5.91 Å². The number of hydrazone groups is 1. The van der Waals surface area contributed by atoms with E-state index in [1.807, 2.05) is 6.92 Å². The summed E-state index contributed by atoms with van der Waals surface area (Å²) in [7, 11) is 0. The number of amides is 1. The van der Waals surface area contributed by atoms with Crippen molar-refractivity contribution in [2.45, 2.75) is 24.4 Å². The fourth-order valence-corrected chi connectivity index (χ4v) is 1.70. The highest BCUT2D eigenvalue weighted by molar-refractivity contribution is 6.23. The van der Waals surface area contributed by atoms with Gasteiger partial charge >= 0.3 is 0 Å². The van der Waals surface area contributed by atoms with Gasteiger partial charge in [-0.25, -0.2) is 10.9 Å². The summed E-state index contributed by atoms with van der Waals surface area (Å²) in [6, 6.07) is -0.244. The lowest BCUT2D eigenvalue weighted by Gasteiger charge is -2.23. The van der Waals surface area contributed by atoms with Crippen LogP contribution in [0, 0.1) is 0 Å². The van der Waals surface area contributed by atoms with E-state index < -0.39 is 0 Å². The normalized spacial score (nSPS) is 39.7. The van der Waals surface area contributed by atoms with Crippen LogP contribution in [0.1, 0.15) is 6.92 Å². The minimum absolute atomic E-state index is 0.0898. The molecule has 0 spiro atoms. The van der Waals surface area contributed by atoms with E-state index in [1.54, 1.807) is 5.01 Å². The Labute approximate surface area is 74.7 Å². The number of rotatable bonds is 0. The van der Waals surface area contributed by atoms with Crippen molar-refractivity contribution in [2.24, 2.45) is 5.10 Å². The van der Waals surface area contributed by atoms with Crippen LogP contribution in [0.4, 0.5) is 0 Å². The van der Waals surface area contributed by atoms with Gasteiger partial charge in [-0.15, -0.1) is 11.6 Å². The molecule has 1 fully saturated rings. The molecule has 0 aromatic carbocycles. The summed E-state index contributed by atoms with van der Waals surface area (Å²) in [6.07, 6.45) is 1.53. The molecule has 1 saturated heterocycles. The molecule has 3 atom stereocenters. The topological polar surface area (TPSA) is 56.7 Å². The number of carbonyl (C=O) groups is 1. The van der Waals surface area contributed by atoms with Crippen LogP contribution in [0.3, 0.4) is 0 Å². The summed E-state index contributed by atoms with van der Waals surface area (Å²) in [5.41, 5.74) is 5.40. The summed E-state index contributed by atoms with van der Waals surface area (Å²) in [5, 5.41) is 5.08. The second-order valence-electron chi connectivity index (χ2n) is 2.93. The Hall–Kier alpha value is -0.810. The van der Waals surface area contributed by atoms with Crippen LogP contribution in [0.2, 0.25) is 0 Å². The molecule has 1 amide bonds. The van der Waals surface area contributed by atoms with Crippen molar-refractivity contribution in [3.63, 3.8) is 0 Å². The van der Waals surface area contributed by atoms with Crippen LogP contribution in [0.15, 0.2) is 5.10 Å². The molecule has 2 aliphatic rings. The third-order valence-electron chi connectivity index (χ3n) is 2.06. The van der Waals surface area contributed by atoms with E-state index in [2.05, 4.69) is 16.0 Å². The van der Waals surface area contributed by atoms with Gasteiger partial charge in [-0.05, 0) is 6.92 Å². The molecule has 2 N–H and O–H groups in total. The zero-order valence-corrected chi connectivity index (χ0v) is 7.25. The van der Waals surface area contributed by atoms with Crippen molar-refractivity contribution < 1.29 is 4.79 Å². The summed E-state index contributed by atoms with van der Waals surface area (Å²) in [5.74, 6) is -0.158. The zero-order chi connectivity index (χ0) is 8.72. The summed E-state index contributed by atoms with van der Waals surface area (Å²) < 4.78 is 0. The van der Waals surface area contributed by atoms with E-state index in [-0.39, 0.29) is 23.4 Å². The van der Waals surface area contributed by atoms with E-state index in [0.717, 1.165) is 0 Å². The maximum absolute atomic E-state index is 11.2. The molecule has 2 heterocycles. The first-order chi connectivity index (χ1) is 5.70. The number of hydrogen-bond donors (Lipinski definition) is 2. The molecule has 0 aromatic heterocycles. The highest BCUT2D eigenvalue weighted by Gasteiger charge is 2.43. The first-order valence-corrected chi connectivity index (χ1v) is 4.15. The van der Waals surface area contributed by atoms with Crippen LogP contribution in [0.5, 0.6) is 0 Å². The molecular weight excluding hydrogens is 180 g/mol.